The summed E-state index contributed by atoms with van der Waals surface area (Å²) in [7, 11) is 0. The highest BCUT2D eigenvalue weighted by Crippen LogP contribution is 2.43. The van der Waals surface area contributed by atoms with Gasteiger partial charge in [0.1, 0.15) is 33.5 Å². The zero-order valence-electron chi connectivity index (χ0n) is 21.1. The molecule has 4 aromatic rings. The number of carbonyl (C=O) groups excluding carboxylic acids is 2. The Bertz CT molecular complexity index is 1500. The van der Waals surface area contributed by atoms with E-state index in [1.807, 2.05) is 12.1 Å². The van der Waals surface area contributed by atoms with Crippen molar-refractivity contribution in [3.8, 4) is 12.1 Å². The second-order valence-electron chi connectivity index (χ2n) is 9.15. The highest BCUT2D eigenvalue weighted by Gasteiger charge is 2.29. The summed E-state index contributed by atoms with van der Waals surface area (Å²) in [4.78, 5) is 33.2. The fourth-order valence-corrected chi connectivity index (χ4v) is 6.29. The number of anilines is 2. The molecule has 0 unspecified atom stereocenters. The van der Waals surface area contributed by atoms with Crippen LogP contribution < -0.4 is 10.6 Å². The Balaban J connectivity index is 1.15. The van der Waals surface area contributed by atoms with E-state index in [1.165, 1.54) is 22.7 Å². The standard InChI is InChI=1S/C26H22N10O2S2/c27-13-19-8-2-6-17(29-19)11-21(37)31-25-35-33-23(39-25)15-4-1-5-16(10-15)24-34-36-26(40-24)32-22(38)12-18-7-3-9-20(14-28)30-18/h2-3,6-9,15-16H,1,4-5,10-12H2,(H,31,35,37)(H,32,36,38)/t15-,16-/m0/s1. The molecule has 0 saturated heterocycles. The molecule has 0 aromatic carbocycles. The van der Waals surface area contributed by atoms with Gasteiger partial charge >= 0.3 is 0 Å². The molecule has 2 N–H and O–H groups in total. The Kier molecular flexibility index (Phi) is 8.39. The maximum absolute atomic E-state index is 12.5. The Hall–Kier alpha value is -4.66. The van der Waals surface area contributed by atoms with Crippen molar-refractivity contribution in [2.45, 2.75) is 50.4 Å². The second kappa shape index (κ2) is 12.5. The minimum Gasteiger partial charge on any atom is -0.300 e. The molecule has 4 aromatic heterocycles. The van der Waals surface area contributed by atoms with Crippen molar-refractivity contribution < 1.29 is 9.59 Å². The molecule has 0 aliphatic heterocycles. The summed E-state index contributed by atoms with van der Waals surface area (Å²) in [5.74, 6) is -0.194. The number of carbonyl (C=O) groups is 2. The van der Waals surface area contributed by atoms with Crippen LogP contribution in [0.1, 0.15) is 70.3 Å². The first-order valence-corrected chi connectivity index (χ1v) is 14.1. The van der Waals surface area contributed by atoms with Crippen LogP contribution in [0.5, 0.6) is 0 Å². The summed E-state index contributed by atoms with van der Waals surface area (Å²) in [6, 6.07) is 13.9. The summed E-state index contributed by atoms with van der Waals surface area (Å²) < 4.78 is 0. The number of pyridine rings is 2. The quantitative estimate of drug-likeness (QED) is 0.316. The van der Waals surface area contributed by atoms with Crippen molar-refractivity contribution in [3.63, 3.8) is 0 Å². The van der Waals surface area contributed by atoms with Crippen molar-refractivity contribution in [1.29, 1.82) is 10.5 Å². The number of nitriles is 2. The average molecular weight is 571 g/mol. The van der Waals surface area contributed by atoms with Gasteiger partial charge < -0.3 is 10.6 Å². The van der Waals surface area contributed by atoms with Gasteiger partial charge in [0, 0.05) is 11.8 Å². The molecule has 0 spiro atoms. The molecule has 0 radical (unpaired) electrons. The number of nitrogens with zero attached hydrogens (tertiary/aromatic N) is 8. The molecule has 1 fully saturated rings. The van der Waals surface area contributed by atoms with Gasteiger partial charge in [0.25, 0.3) is 0 Å². The third kappa shape index (κ3) is 6.85. The molecule has 0 bridgehead atoms. The zero-order chi connectivity index (χ0) is 27.9. The lowest BCUT2D eigenvalue weighted by molar-refractivity contribution is -0.116. The van der Waals surface area contributed by atoms with Crippen molar-refractivity contribution >= 4 is 44.8 Å². The van der Waals surface area contributed by atoms with Gasteiger partial charge in [0.05, 0.1) is 24.2 Å². The number of amides is 2. The fourth-order valence-electron chi connectivity index (χ4n) is 4.48. The number of hydrogen-bond donors (Lipinski definition) is 2. The van der Waals surface area contributed by atoms with Crippen LogP contribution in [0, 0.1) is 22.7 Å². The normalized spacial score (nSPS) is 16.4. The number of nitrogens with one attached hydrogen (secondary N) is 2. The van der Waals surface area contributed by atoms with Gasteiger partial charge in [-0.1, -0.05) is 41.2 Å². The van der Waals surface area contributed by atoms with Gasteiger partial charge in [0.15, 0.2) is 0 Å². The molecule has 40 heavy (non-hydrogen) atoms. The highest BCUT2D eigenvalue weighted by atomic mass is 32.1. The van der Waals surface area contributed by atoms with Crippen molar-refractivity contribution in [3.05, 3.63) is 69.2 Å². The van der Waals surface area contributed by atoms with E-state index in [2.05, 4.69) is 41.0 Å². The monoisotopic (exact) mass is 570 g/mol. The van der Waals surface area contributed by atoms with E-state index in [0.717, 1.165) is 35.7 Å². The highest BCUT2D eigenvalue weighted by molar-refractivity contribution is 7.15. The molecule has 200 valence electrons. The summed E-state index contributed by atoms with van der Waals surface area (Å²) in [5.41, 5.74) is 1.54. The molecular weight excluding hydrogens is 548 g/mol. The van der Waals surface area contributed by atoms with E-state index in [-0.39, 0.29) is 47.9 Å². The van der Waals surface area contributed by atoms with Crippen LogP contribution in [0.4, 0.5) is 10.3 Å². The lowest BCUT2D eigenvalue weighted by Gasteiger charge is -2.25. The van der Waals surface area contributed by atoms with E-state index < -0.39 is 0 Å². The van der Waals surface area contributed by atoms with E-state index in [1.54, 1.807) is 36.4 Å². The van der Waals surface area contributed by atoms with Crippen LogP contribution in [0.2, 0.25) is 0 Å². The topological polar surface area (TPSA) is 183 Å². The van der Waals surface area contributed by atoms with Gasteiger partial charge in [-0.15, -0.1) is 20.4 Å². The summed E-state index contributed by atoms with van der Waals surface area (Å²) in [6.45, 7) is 0. The maximum atomic E-state index is 12.5. The molecule has 4 heterocycles. The Morgan fingerprint density at radius 3 is 1.70 bits per heavy atom. The molecule has 1 saturated carbocycles. The number of aromatic nitrogens is 6. The third-order valence-corrected chi connectivity index (χ3v) is 8.27. The minimum absolute atomic E-state index is 0.0363. The summed E-state index contributed by atoms with van der Waals surface area (Å²) in [6.07, 6.45) is 3.80. The van der Waals surface area contributed by atoms with E-state index in [9.17, 15) is 9.59 Å². The van der Waals surface area contributed by atoms with Gasteiger partial charge in [-0.25, -0.2) is 9.97 Å². The molecular formula is C26H22N10O2S2. The van der Waals surface area contributed by atoms with Crippen molar-refractivity contribution in [2.75, 3.05) is 10.6 Å². The maximum Gasteiger partial charge on any atom is 0.232 e. The Morgan fingerprint density at radius 1 is 0.775 bits per heavy atom. The first-order valence-electron chi connectivity index (χ1n) is 12.5. The Morgan fingerprint density at radius 2 is 1.25 bits per heavy atom. The number of hydrogen-bond acceptors (Lipinski definition) is 12. The van der Waals surface area contributed by atoms with Crippen LogP contribution in [-0.2, 0) is 22.4 Å². The second-order valence-corrected chi connectivity index (χ2v) is 11.2. The van der Waals surface area contributed by atoms with E-state index in [0.29, 0.717) is 21.7 Å². The van der Waals surface area contributed by atoms with Crippen molar-refractivity contribution in [1.82, 2.24) is 30.4 Å². The molecule has 1 aliphatic carbocycles. The predicted octanol–water partition coefficient (Wildman–Crippen LogP) is 3.73. The van der Waals surface area contributed by atoms with E-state index in [4.69, 9.17) is 10.5 Å². The van der Waals surface area contributed by atoms with Crippen LogP contribution in [0.15, 0.2) is 36.4 Å². The molecule has 12 nitrogen and oxygen atoms in total. The lowest BCUT2D eigenvalue weighted by atomic mass is 9.82. The molecule has 2 atom stereocenters. The van der Waals surface area contributed by atoms with Gasteiger partial charge in [0.2, 0.25) is 22.1 Å². The minimum atomic E-state index is -0.274. The van der Waals surface area contributed by atoms with Crippen LogP contribution >= 0.6 is 22.7 Å². The largest absolute Gasteiger partial charge is 0.300 e. The van der Waals surface area contributed by atoms with E-state index >= 15 is 0 Å². The lowest BCUT2D eigenvalue weighted by Crippen LogP contribution is -2.15. The van der Waals surface area contributed by atoms with Crippen molar-refractivity contribution in [2.24, 2.45) is 0 Å². The molecule has 14 heteroatoms. The van der Waals surface area contributed by atoms with Crippen LogP contribution in [0.25, 0.3) is 0 Å². The molecule has 1 aliphatic rings. The summed E-state index contributed by atoms with van der Waals surface area (Å²) >= 11 is 2.72. The third-order valence-electron chi connectivity index (χ3n) is 6.27. The van der Waals surface area contributed by atoms with Crippen LogP contribution in [0.3, 0.4) is 0 Å². The first-order chi connectivity index (χ1) is 19.5. The first kappa shape index (κ1) is 26.9. The van der Waals surface area contributed by atoms with Gasteiger partial charge in [-0.2, -0.15) is 10.5 Å². The predicted molar refractivity (Wildman–Crippen MR) is 146 cm³/mol. The Labute approximate surface area is 237 Å². The molecule has 2 amide bonds. The van der Waals surface area contributed by atoms with Gasteiger partial charge in [-0.05, 0) is 43.5 Å². The zero-order valence-corrected chi connectivity index (χ0v) is 22.7. The number of rotatable bonds is 8. The smallest absolute Gasteiger partial charge is 0.232 e. The van der Waals surface area contributed by atoms with Crippen LogP contribution in [-0.4, -0.2) is 42.2 Å². The summed E-state index contributed by atoms with van der Waals surface area (Å²) in [5, 5.41) is 43.1. The SMILES string of the molecule is N#Cc1cccc(CC(=O)Nc2nnc([C@H]3CCC[C@H](c4nnc(NC(=O)Cc5cccc(C#N)n5)s4)C3)s2)n1. The average Bonchev–Trinajstić information content (AvgIpc) is 3.63. The molecule has 5 rings (SSSR count). The van der Waals surface area contributed by atoms with Gasteiger partial charge in [-0.3, -0.25) is 9.59 Å². The fraction of sp³-hybridized carbons (Fsp3) is 0.308.